The molecule has 1 aromatic rings. The van der Waals surface area contributed by atoms with Crippen LogP contribution >= 0.6 is 0 Å². The van der Waals surface area contributed by atoms with Gasteiger partial charge in [-0.25, -0.2) is 8.42 Å². The zero-order valence-electron chi connectivity index (χ0n) is 9.36. The van der Waals surface area contributed by atoms with Crippen LogP contribution < -0.4 is 10.1 Å². The van der Waals surface area contributed by atoms with E-state index in [0.717, 1.165) is 13.1 Å². The third-order valence-electron chi connectivity index (χ3n) is 2.61. The monoisotopic (exact) mass is 241 g/mol. The average molecular weight is 241 g/mol. The van der Waals surface area contributed by atoms with Crippen molar-refractivity contribution >= 4 is 9.84 Å². The molecule has 2 rings (SSSR count). The van der Waals surface area contributed by atoms with Crippen molar-refractivity contribution in [2.75, 3.05) is 19.3 Å². The summed E-state index contributed by atoms with van der Waals surface area (Å²) in [5.41, 5.74) is -0.160. The lowest BCUT2D eigenvalue weighted by Crippen LogP contribution is -2.60. The van der Waals surface area contributed by atoms with Crippen molar-refractivity contribution in [2.45, 2.75) is 17.4 Å². The van der Waals surface area contributed by atoms with Crippen molar-refractivity contribution in [1.29, 1.82) is 0 Å². The molecule has 16 heavy (non-hydrogen) atoms. The van der Waals surface area contributed by atoms with Crippen molar-refractivity contribution < 1.29 is 13.2 Å². The van der Waals surface area contributed by atoms with Gasteiger partial charge in [0.05, 0.1) is 4.90 Å². The van der Waals surface area contributed by atoms with Gasteiger partial charge in [-0.15, -0.1) is 0 Å². The van der Waals surface area contributed by atoms with Crippen molar-refractivity contribution in [3.8, 4) is 5.75 Å². The quantitative estimate of drug-likeness (QED) is 0.851. The summed E-state index contributed by atoms with van der Waals surface area (Å²) in [4.78, 5) is 0.316. The Morgan fingerprint density at radius 1 is 1.25 bits per heavy atom. The van der Waals surface area contributed by atoms with Gasteiger partial charge in [0.15, 0.2) is 9.84 Å². The highest BCUT2D eigenvalue weighted by atomic mass is 32.2. The molecule has 4 nitrogen and oxygen atoms in total. The van der Waals surface area contributed by atoms with E-state index in [-0.39, 0.29) is 5.60 Å². The third-order valence-corrected chi connectivity index (χ3v) is 3.74. The van der Waals surface area contributed by atoms with E-state index in [4.69, 9.17) is 4.74 Å². The molecule has 0 bridgehead atoms. The fraction of sp³-hybridized carbons (Fsp3) is 0.455. The summed E-state index contributed by atoms with van der Waals surface area (Å²) in [6, 6.07) is 6.53. The van der Waals surface area contributed by atoms with Crippen LogP contribution in [0.4, 0.5) is 0 Å². The molecule has 0 amide bonds. The zero-order valence-corrected chi connectivity index (χ0v) is 10.2. The minimum atomic E-state index is -3.12. The fourth-order valence-corrected chi connectivity index (χ4v) is 2.22. The van der Waals surface area contributed by atoms with Gasteiger partial charge in [0.25, 0.3) is 0 Å². The largest absolute Gasteiger partial charge is 0.485 e. The number of rotatable bonds is 3. The number of sulfone groups is 1. The topological polar surface area (TPSA) is 55.4 Å². The number of ether oxygens (including phenoxy) is 1. The molecule has 1 fully saturated rings. The molecule has 1 saturated heterocycles. The summed E-state index contributed by atoms with van der Waals surface area (Å²) >= 11 is 0. The van der Waals surface area contributed by atoms with Gasteiger partial charge in [-0.05, 0) is 31.2 Å². The van der Waals surface area contributed by atoms with Crippen LogP contribution in [-0.2, 0) is 9.84 Å². The lowest BCUT2D eigenvalue weighted by Gasteiger charge is -2.39. The highest BCUT2D eigenvalue weighted by Gasteiger charge is 2.33. The van der Waals surface area contributed by atoms with Gasteiger partial charge in [-0.2, -0.15) is 0 Å². The Labute approximate surface area is 95.5 Å². The third kappa shape index (κ3) is 2.36. The molecular weight excluding hydrogens is 226 g/mol. The summed E-state index contributed by atoms with van der Waals surface area (Å²) in [6.07, 6.45) is 1.19. The highest BCUT2D eigenvalue weighted by Crippen LogP contribution is 2.23. The van der Waals surface area contributed by atoms with E-state index in [1.54, 1.807) is 24.3 Å². The number of hydrogen-bond acceptors (Lipinski definition) is 4. The summed E-state index contributed by atoms with van der Waals surface area (Å²) in [5.74, 6) is 0.705. The molecule has 1 heterocycles. The first-order valence-electron chi connectivity index (χ1n) is 5.09. The second-order valence-electron chi connectivity index (χ2n) is 4.40. The summed E-state index contributed by atoms with van der Waals surface area (Å²) in [6.45, 7) is 3.66. The summed E-state index contributed by atoms with van der Waals surface area (Å²) < 4.78 is 28.2. The standard InChI is InChI=1S/C11H15NO3S/c1-11(7-12-8-11)15-9-3-5-10(6-4-9)16(2,13)14/h3-6,12H,7-8H2,1-2H3. The first-order chi connectivity index (χ1) is 7.39. The van der Waals surface area contributed by atoms with E-state index in [9.17, 15) is 8.42 Å². The van der Waals surface area contributed by atoms with Crippen LogP contribution in [0.3, 0.4) is 0 Å². The molecule has 0 radical (unpaired) electrons. The molecule has 0 aromatic heterocycles. The van der Waals surface area contributed by atoms with Crippen LogP contribution in [0, 0.1) is 0 Å². The molecular formula is C11H15NO3S. The Morgan fingerprint density at radius 2 is 1.81 bits per heavy atom. The van der Waals surface area contributed by atoms with E-state index in [0.29, 0.717) is 10.6 Å². The Balaban J connectivity index is 2.14. The normalized spacial score (nSPS) is 18.9. The van der Waals surface area contributed by atoms with Crippen molar-refractivity contribution in [1.82, 2.24) is 5.32 Å². The second kappa shape index (κ2) is 3.75. The predicted molar refractivity (Wildman–Crippen MR) is 61.5 cm³/mol. The molecule has 5 heteroatoms. The maximum Gasteiger partial charge on any atom is 0.175 e. The van der Waals surface area contributed by atoms with Crippen LogP contribution in [0.1, 0.15) is 6.92 Å². The molecule has 1 aliphatic rings. The van der Waals surface area contributed by atoms with Gasteiger partial charge in [-0.1, -0.05) is 0 Å². The summed E-state index contributed by atoms with van der Waals surface area (Å²) in [5, 5.41) is 3.14. The van der Waals surface area contributed by atoms with E-state index < -0.39 is 9.84 Å². The van der Waals surface area contributed by atoms with Crippen LogP contribution in [0.2, 0.25) is 0 Å². The fourth-order valence-electron chi connectivity index (χ4n) is 1.59. The molecule has 0 unspecified atom stereocenters. The molecule has 0 spiro atoms. The van der Waals surface area contributed by atoms with E-state index in [1.165, 1.54) is 6.26 Å². The van der Waals surface area contributed by atoms with Gasteiger partial charge in [-0.3, -0.25) is 0 Å². The molecule has 88 valence electrons. The maximum atomic E-state index is 11.2. The Hall–Kier alpha value is -1.07. The van der Waals surface area contributed by atoms with Crippen LogP contribution in [0.5, 0.6) is 5.75 Å². The van der Waals surface area contributed by atoms with Gasteiger partial charge in [0.2, 0.25) is 0 Å². The Kier molecular flexibility index (Phi) is 2.67. The second-order valence-corrected chi connectivity index (χ2v) is 6.41. The van der Waals surface area contributed by atoms with Crippen molar-refractivity contribution in [2.24, 2.45) is 0 Å². The minimum absolute atomic E-state index is 0.160. The number of hydrogen-bond donors (Lipinski definition) is 1. The van der Waals surface area contributed by atoms with Crippen LogP contribution in [0.25, 0.3) is 0 Å². The van der Waals surface area contributed by atoms with Gasteiger partial charge < -0.3 is 10.1 Å². The van der Waals surface area contributed by atoms with Crippen molar-refractivity contribution in [3.05, 3.63) is 24.3 Å². The van der Waals surface area contributed by atoms with Crippen molar-refractivity contribution in [3.63, 3.8) is 0 Å². The van der Waals surface area contributed by atoms with Gasteiger partial charge in [0, 0.05) is 19.3 Å². The Morgan fingerprint density at radius 3 is 2.19 bits per heavy atom. The number of benzene rings is 1. The highest BCUT2D eigenvalue weighted by molar-refractivity contribution is 7.90. The molecule has 1 aromatic carbocycles. The minimum Gasteiger partial charge on any atom is -0.485 e. The first-order valence-corrected chi connectivity index (χ1v) is 6.98. The SMILES string of the molecule is CC1(Oc2ccc(S(C)(=O)=O)cc2)CNC1. The van der Waals surface area contributed by atoms with Crippen LogP contribution in [0.15, 0.2) is 29.2 Å². The number of nitrogens with one attached hydrogen (secondary N) is 1. The maximum absolute atomic E-state index is 11.2. The zero-order chi connectivity index (χ0) is 11.8. The molecule has 0 atom stereocenters. The lowest BCUT2D eigenvalue weighted by molar-refractivity contribution is 0.0348. The van der Waals surface area contributed by atoms with Crippen LogP contribution in [-0.4, -0.2) is 33.4 Å². The predicted octanol–water partition coefficient (Wildman–Crippen LogP) is 0.831. The lowest BCUT2D eigenvalue weighted by atomic mass is 10.00. The molecule has 1 aliphatic heterocycles. The average Bonchev–Trinajstić information content (AvgIpc) is 2.15. The molecule has 0 aliphatic carbocycles. The van der Waals surface area contributed by atoms with Gasteiger partial charge >= 0.3 is 0 Å². The molecule has 1 N–H and O–H groups in total. The van der Waals surface area contributed by atoms with E-state index in [2.05, 4.69) is 5.32 Å². The summed E-state index contributed by atoms with van der Waals surface area (Å²) in [7, 11) is -3.12. The van der Waals surface area contributed by atoms with E-state index >= 15 is 0 Å². The molecule has 0 saturated carbocycles. The first kappa shape index (κ1) is 11.4. The Bertz CT molecular complexity index is 474. The smallest absolute Gasteiger partial charge is 0.175 e. The van der Waals surface area contributed by atoms with E-state index in [1.807, 2.05) is 6.92 Å². The van der Waals surface area contributed by atoms with Gasteiger partial charge in [0.1, 0.15) is 11.4 Å².